The van der Waals surface area contributed by atoms with Crippen LogP contribution in [0.3, 0.4) is 0 Å². The standard InChI is InChI=1S/C25H33O5P/c1-8-9-29-10-11-30-31(28,24(26)22-18(4)12-16(2)13-19(22)5)25(27)23-20(6)14-17(3)15-21(23)7/h12-15H,8-11H2,1-7H3. The molecule has 2 aromatic rings. The molecule has 0 radical (unpaired) electrons. The molecule has 0 amide bonds. The highest BCUT2D eigenvalue weighted by molar-refractivity contribution is 7.91. The van der Waals surface area contributed by atoms with Crippen molar-refractivity contribution in [3.8, 4) is 0 Å². The Morgan fingerprint density at radius 1 is 0.710 bits per heavy atom. The zero-order valence-electron chi connectivity index (χ0n) is 19.6. The lowest BCUT2D eigenvalue weighted by Gasteiger charge is -2.21. The van der Waals surface area contributed by atoms with E-state index in [4.69, 9.17) is 9.26 Å². The first-order valence-electron chi connectivity index (χ1n) is 10.6. The minimum absolute atomic E-state index is 0.0946. The fourth-order valence-electron chi connectivity index (χ4n) is 4.01. The predicted octanol–water partition coefficient (Wildman–Crippen LogP) is 6.24. The highest BCUT2D eigenvalue weighted by Gasteiger charge is 2.44. The van der Waals surface area contributed by atoms with E-state index >= 15 is 0 Å². The quantitative estimate of drug-likeness (QED) is 0.320. The van der Waals surface area contributed by atoms with Crippen molar-refractivity contribution in [2.24, 2.45) is 0 Å². The van der Waals surface area contributed by atoms with Crippen LogP contribution < -0.4 is 0 Å². The molecule has 0 unspecified atom stereocenters. The van der Waals surface area contributed by atoms with Gasteiger partial charge in [-0.15, -0.1) is 0 Å². The summed E-state index contributed by atoms with van der Waals surface area (Å²) in [5.41, 5.74) is 3.79. The van der Waals surface area contributed by atoms with Crippen molar-refractivity contribution in [3.05, 3.63) is 68.8 Å². The molecule has 2 rings (SSSR count). The zero-order valence-corrected chi connectivity index (χ0v) is 20.5. The second-order valence-corrected chi connectivity index (χ2v) is 10.3. The Morgan fingerprint density at radius 3 is 1.45 bits per heavy atom. The second kappa shape index (κ2) is 10.5. The molecular weight excluding hydrogens is 411 g/mol. The van der Waals surface area contributed by atoms with Gasteiger partial charge in [0.2, 0.25) is 0 Å². The van der Waals surface area contributed by atoms with Gasteiger partial charge in [-0.2, -0.15) is 0 Å². The molecule has 0 aliphatic rings. The van der Waals surface area contributed by atoms with E-state index < -0.39 is 18.4 Å². The van der Waals surface area contributed by atoms with Crippen molar-refractivity contribution in [3.63, 3.8) is 0 Å². The van der Waals surface area contributed by atoms with E-state index in [0.29, 0.717) is 40.0 Å². The van der Waals surface area contributed by atoms with Crippen LogP contribution in [0, 0.1) is 41.5 Å². The zero-order chi connectivity index (χ0) is 23.3. The van der Waals surface area contributed by atoms with Crippen LogP contribution in [0.15, 0.2) is 24.3 Å². The Morgan fingerprint density at radius 2 is 1.10 bits per heavy atom. The van der Waals surface area contributed by atoms with Crippen molar-refractivity contribution < 1.29 is 23.4 Å². The molecule has 0 spiro atoms. The number of benzene rings is 2. The SMILES string of the molecule is CCCOCCOP(=O)(C(=O)c1c(C)cc(C)cc1C)C(=O)c1c(C)cc(C)cc1C. The number of ether oxygens (including phenoxy) is 1. The first-order chi connectivity index (χ1) is 14.5. The van der Waals surface area contributed by atoms with Crippen molar-refractivity contribution in [1.29, 1.82) is 0 Å². The Balaban J connectivity index is 2.55. The van der Waals surface area contributed by atoms with Crippen molar-refractivity contribution in [2.45, 2.75) is 54.9 Å². The molecule has 0 aliphatic heterocycles. The van der Waals surface area contributed by atoms with E-state index in [9.17, 15) is 14.2 Å². The molecule has 0 N–H and O–H groups in total. The molecule has 0 fully saturated rings. The van der Waals surface area contributed by atoms with Gasteiger partial charge in [-0.3, -0.25) is 14.2 Å². The Labute approximate surface area is 185 Å². The summed E-state index contributed by atoms with van der Waals surface area (Å²) in [7, 11) is -4.39. The van der Waals surface area contributed by atoms with Crippen molar-refractivity contribution >= 4 is 18.4 Å². The fraction of sp³-hybridized carbons (Fsp3) is 0.440. The second-order valence-electron chi connectivity index (χ2n) is 8.15. The van der Waals surface area contributed by atoms with Crippen LogP contribution in [-0.2, 0) is 13.8 Å². The van der Waals surface area contributed by atoms with Crippen LogP contribution in [0.25, 0.3) is 0 Å². The van der Waals surface area contributed by atoms with Crippen LogP contribution in [0.2, 0.25) is 0 Å². The van der Waals surface area contributed by atoms with Crippen LogP contribution in [-0.4, -0.2) is 30.9 Å². The van der Waals surface area contributed by atoms with Crippen LogP contribution in [0.1, 0.15) is 67.4 Å². The number of hydrogen-bond acceptors (Lipinski definition) is 5. The Kier molecular flexibility index (Phi) is 8.53. The Bertz CT molecular complexity index is 919. The normalized spacial score (nSPS) is 11.6. The molecule has 0 aliphatic carbocycles. The first-order valence-corrected chi connectivity index (χ1v) is 12.2. The molecule has 0 aromatic heterocycles. The number of carbonyl (C=O) groups is 2. The molecule has 2 aromatic carbocycles. The molecule has 0 saturated carbocycles. The Hall–Kier alpha value is -2.07. The first kappa shape index (κ1) is 25.2. The lowest BCUT2D eigenvalue weighted by atomic mass is 10.0. The third kappa shape index (κ3) is 5.60. The summed E-state index contributed by atoms with van der Waals surface area (Å²) in [5, 5.41) is 0. The van der Waals surface area contributed by atoms with Crippen molar-refractivity contribution in [2.75, 3.05) is 19.8 Å². The molecule has 0 heterocycles. The topological polar surface area (TPSA) is 69.7 Å². The summed E-state index contributed by atoms with van der Waals surface area (Å²) in [4.78, 5) is 27.2. The number of carbonyl (C=O) groups excluding carboxylic acids is 2. The fourth-order valence-corrected chi connectivity index (χ4v) is 6.05. The molecule has 5 nitrogen and oxygen atoms in total. The van der Waals surface area contributed by atoms with Gasteiger partial charge in [0.1, 0.15) is 0 Å². The van der Waals surface area contributed by atoms with Gasteiger partial charge in [-0.1, -0.05) is 42.3 Å². The third-order valence-electron chi connectivity index (χ3n) is 5.17. The van der Waals surface area contributed by atoms with Gasteiger partial charge < -0.3 is 9.26 Å². The number of aryl methyl sites for hydroxylation is 6. The largest absolute Gasteiger partial charge is 0.379 e. The van der Waals surface area contributed by atoms with E-state index in [-0.39, 0.29) is 13.2 Å². The lowest BCUT2D eigenvalue weighted by molar-refractivity contribution is 0.0894. The monoisotopic (exact) mass is 444 g/mol. The summed E-state index contributed by atoms with van der Waals surface area (Å²) >= 11 is 0. The number of hydrogen-bond donors (Lipinski definition) is 0. The van der Waals surface area contributed by atoms with Gasteiger partial charge in [-0.05, 0) is 70.2 Å². The van der Waals surface area contributed by atoms with Crippen LogP contribution in [0.4, 0.5) is 0 Å². The summed E-state index contributed by atoms with van der Waals surface area (Å²) in [5.74, 6) is 0. The van der Waals surface area contributed by atoms with E-state index in [1.54, 1.807) is 27.7 Å². The summed E-state index contributed by atoms with van der Waals surface area (Å²) in [6.45, 7) is 13.6. The van der Waals surface area contributed by atoms with Gasteiger partial charge in [0.15, 0.2) is 0 Å². The van der Waals surface area contributed by atoms with Gasteiger partial charge in [-0.25, -0.2) is 0 Å². The molecule has 31 heavy (non-hydrogen) atoms. The summed E-state index contributed by atoms with van der Waals surface area (Å²) in [6.07, 6.45) is 0.832. The van der Waals surface area contributed by atoms with E-state index in [1.807, 2.05) is 45.0 Å². The van der Waals surface area contributed by atoms with Crippen LogP contribution >= 0.6 is 7.37 Å². The molecule has 6 heteroatoms. The van der Waals surface area contributed by atoms with E-state index in [0.717, 1.165) is 17.5 Å². The maximum atomic E-state index is 14.0. The lowest BCUT2D eigenvalue weighted by Crippen LogP contribution is -2.19. The summed E-state index contributed by atoms with van der Waals surface area (Å²) < 4.78 is 25.1. The van der Waals surface area contributed by atoms with Gasteiger partial charge in [0.25, 0.3) is 11.0 Å². The maximum Gasteiger partial charge on any atom is 0.340 e. The van der Waals surface area contributed by atoms with Gasteiger partial charge in [0, 0.05) is 17.7 Å². The van der Waals surface area contributed by atoms with Crippen LogP contribution in [0.5, 0.6) is 0 Å². The number of rotatable bonds is 10. The maximum absolute atomic E-state index is 14.0. The third-order valence-corrected chi connectivity index (χ3v) is 7.23. The minimum Gasteiger partial charge on any atom is -0.379 e. The highest BCUT2D eigenvalue weighted by Crippen LogP contribution is 2.54. The molecule has 0 saturated heterocycles. The van der Waals surface area contributed by atoms with Gasteiger partial charge >= 0.3 is 7.37 Å². The van der Waals surface area contributed by atoms with Crippen molar-refractivity contribution in [1.82, 2.24) is 0 Å². The molecule has 168 valence electrons. The molecule has 0 bridgehead atoms. The average Bonchev–Trinajstić information content (AvgIpc) is 2.65. The predicted molar refractivity (Wildman–Crippen MR) is 125 cm³/mol. The highest BCUT2D eigenvalue weighted by atomic mass is 31.2. The molecular formula is C25H33O5P. The summed E-state index contributed by atoms with van der Waals surface area (Å²) in [6, 6.07) is 7.40. The van der Waals surface area contributed by atoms with Gasteiger partial charge in [0.05, 0.1) is 13.2 Å². The van der Waals surface area contributed by atoms with E-state index in [1.165, 1.54) is 0 Å². The minimum atomic E-state index is -4.39. The van der Waals surface area contributed by atoms with E-state index in [2.05, 4.69) is 0 Å². The smallest absolute Gasteiger partial charge is 0.340 e. The average molecular weight is 445 g/mol. The molecule has 0 atom stereocenters.